The van der Waals surface area contributed by atoms with Crippen LogP contribution in [0.5, 0.6) is 0 Å². The Hall–Kier alpha value is -2.34. The van der Waals surface area contributed by atoms with E-state index in [0.29, 0.717) is 0 Å². The number of aromatic amines is 1. The molecular weight excluding hydrogens is 364 g/mol. The molecule has 0 bridgehead atoms. The van der Waals surface area contributed by atoms with Crippen LogP contribution in [0, 0.1) is 0 Å². The number of para-hydroxylation sites is 2. The molecule has 156 valence electrons. The average Bonchev–Trinajstić information content (AvgIpc) is 3.09. The second-order valence-electron chi connectivity index (χ2n) is 8.41. The molecule has 0 saturated carbocycles. The molecule has 2 aromatic rings. The SMILES string of the molecule is CC(C(=O)NCCC1=CCCCC1)N1CCC(n2c(=O)[nH]c3ccccc32)CC1. The molecule has 1 unspecified atom stereocenters. The molecule has 1 aromatic heterocycles. The number of hydrogen-bond donors (Lipinski definition) is 2. The van der Waals surface area contributed by atoms with Gasteiger partial charge in [-0.2, -0.15) is 0 Å². The fourth-order valence-electron chi connectivity index (χ4n) is 4.76. The van der Waals surface area contributed by atoms with Crippen LogP contribution in [0.25, 0.3) is 11.0 Å². The van der Waals surface area contributed by atoms with Crippen molar-refractivity contribution >= 4 is 16.9 Å². The van der Waals surface area contributed by atoms with Crippen molar-refractivity contribution in [1.29, 1.82) is 0 Å². The summed E-state index contributed by atoms with van der Waals surface area (Å²) in [6.45, 7) is 4.39. The van der Waals surface area contributed by atoms with Crippen molar-refractivity contribution in [3.63, 3.8) is 0 Å². The molecule has 6 nitrogen and oxygen atoms in total. The molecule has 1 saturated heterocycles. The summed E-state index contributed by atoms with van der Waals surface area (Å²) in [5, 5.41) is 3.12. The van der Waals surface area contributed by atoms with Gasteiger partial charge in [0.05, 0.1) is 17.1 Å². The highest BCUT2D eigenvalue weighted by atomic mass is 16.2. The third-order valence-electron chi connectivity index (χ3n) is 6.55. The minimum absolute atomic E-state index is 0.0348. The van der Waals surface area contributed by atoms with E-state index in [-0.39, 0.29) is 23.7 Å². The highest BCUT2D eigenvalue weighted by Crippen LogP contribution is 2.26. The maximum Gasteiger partial charge on any atom is 0.326 e. The molecule has 1 aliphatic heterocycles. The van der Waals surface area contributed by atoms with Gasteiger partial charge >= 0.3 is 5.69 Å². The number of allylic oxidation sites excluding steroid dienone is 1. The van der Waals surface area contributed by atoms with E-state index < -0.39 is 0 Å². The highest BCUT2D eigenvalue weighted by molar-refractivity contribution is 5.81. The van der Waals surface area contributed by atoms with Crippen LogP contribution in [0.2, 0.25) is 0 Å². The van der Waals surface area contributed by atoms with Crippen molar-refractivity contribution in [2.24, 2.45) is 0 Å². The molecular formula is C23H32N4O2. The zero-order chi connectivity index (χ0) is 20.2. The highest BCUT2D eigenvalue weighted by Gasteiger charge is 2.28. The van der Waals surface area contributed by atoms with Gasteiger partial charge in [0.25, 0.3) is 0 Å². The van der Waals surface area contributed by atoms with Crippen LogP contribution in [-0.4, -0.2) is 46.0 Å². The smallest absolute Gasteiger partial charge is 0.326 e. The number of benzene rings is 1. The third-order valence-corrected chi connectivity index (χ3v) is 6.55. The number of nitrogens with zero attached hydrogens (tertiary/aromatic N) is 2. The number of rotatable bonds is 6. The van der Waals surface area contributed by atoms with E-state index in [1.807, 2.05) is 35.8 Å². The number of carbonyl (C=O) groups is 1. The number of likely N-dealkylation sites (tertiary alicyclic amines) is 1. The number of nitrogens with one attached hydrogen (secondary N) is 2. The molecule has 1 amide bonds. The van der Waals surface area contributed by atoms with Crippen molar-refractivity contribution in [2.75, 3.05) is 19.6 Å². The Balaban J connectivity index is 1.29. The van der Waals surface area contributed by atoms with Crippen LogP contribution in [0.3, 0.4) is 0 Å². The van der Waals surface area contributed by atoms with E-state index in [0.717, 1.165) is 49.9 Å². The first-order chi connectivity index (χ1) is 14.1. The molecule has 4 rings (SSSR count). The quantitative estimate of drug-likeness (QED) is 0.736. The van der Waals surface area contributed by atoms with Crippen LogP contribution < -0.4 is 11.0 Å². The number of carbonyl (C=O) groups excluding carboxylic acids is 1. The van der Waals surface area contributed by atoms with E-state index in [2.05, 4.69) is 21.3 Å². The van der Waals surface area contributed by atoms with E-state index in [1.165, 1.54) is 31.3 Å². The largest absolute Gasteiger partial charge is 0.354 e. The summed E-state index contributed by atoms with van der Waals surface area (Å²) in [6, 6.07) is 7.91. The molecule has 1 aliphatic carbocycles. The lowest BCUT2D eigenvalue weighted by molar-refractivity contribution is -0.126. The van der Waals surface area contributed by atoms with Crippen LogP contribution >= 0.6 is 0 Å². The van der Waals surface area contributed by atoms with Gasteiger partial charge in [-0.1, -0.05) is 23.8 Å². The Morgan fingerprint density at radius 2 is 2.03 bits per heavy atom. The molecule has 1 atom stereocenters. The number of aromatic nitrogens is 2. The maximum atomic E-state index is 12.6. The summed E-state index contributed by atoms with van der Waals surface area (Å²) >= 11 is 0. The van der Waals surface area contributed by atoms with Gasteiger partial charge in [0, 0.05) is 25.7 Å². The van der Waals surface area contributed by atoms with Gasteiger partial charge in [0.1, 0.15) is 0 Å². The minimum atomic E-state index is -0.129. The molecule has 2 N–H and O–H groups in total. The number of piperidine rings is 1. The Morgan fingerprint density at radius 1 is 1.24 bits per heavy atom. The summed E-state index contributed by atoms with van der Waals surface area (Å²) in [4.78, 5) is 30.2. The molecule has 0 spiro atoms. The lowest BCUT2D eigenvalue weighted by Crippen LogP contribution is -2.49. The van der Waals surface area contributed by atoms with Crippen molar-refractivity contribution in [3.05, 3.63) is 46.4 Å². The summed E-state index contributed by atoms with van der Waals surface area (Å²) in [5.74, 6) is 0.115. The first kappa shape index (κ1) is 20.0. The lowest BCUT2D eigenvalue weighted by Gasteiger charge is -2.35. The molecule has 6 heteroatoms. The summed E-state index contributed by atoms with van der Waals surface area (Å²) < 4.78 is 1.90. The number of hydrogen-bond acceptors (Lipinski definition) is 3. The zero-order valence-electron chi connectivity index (χ0n) is 17.3. The van der Waals surface area contributed by atoms with Gasteiger partial charge in [-0.25, -0.2) is 4.79 Å². The first-order valence-corrected chi connectivity index (χ1v) is 11.0. The molecule has 1 aromatic carbocycles. The normalized spacial score (nSPS) is 19.8. The van der Waals surface area contributed by atoms with Crippen LogP contribution in [-0.2, 0) is 4.79 Å². The second kappa shape index (κ2) is 8.99. The molecule has 29 heavy (non-hydrogen) atoms. The predicted octanol–water partition coefficient (Wildman–Crippen LogP) is 3.36. The summed E-state index contributed by atoms with van der Waals surface area (Å²) in [6.07, 6.45) is 10.0. The van der Waals surface area contributed by atoms with Crippen LogP contribution in [0.15, 0.2) is 40.7 Å². The first-order valence-electron chi connectivity index (χ1n) is 11.0. The van der Waals surface area contributed by atoms with Gasteiger partial charge in [0.15, 0.2) is 0 Å². The Kier molecular flexibility index (Phi) is 6.19. The van der Waals surface area contributed by atoms with Gasteiger partial charge < -0.3 is 10.3 Å². The van der Waals surface area contributed by atoms with Crippen LogP contribution in [0.1, 0.15) is 57.9 Å². The van der Waals surface area contributed by atoms with Crippen molar-refractivity contribution in [1.82, 2.24) is 19.8 Å². The summed E-state index contributed by atoms with van der Waals surface area (Å²) in [5.41, 5.74) is 3.32. The predicted molar refractivity (Wildman–Crippen MR) is 116 cm³/mol. The molecule has 2 heterocycles. The van der Waals surface area contributed by atoms with Gasteiger partial charge in [-0.3, -0.25) is 14.3 Å². The Labute approximate surface area is 172 Å². The van der Waals surface area contributed by atoms with E-state index in [4.69, 9.17) is 0 Å². The van der Waals surface area contributed by atoms with Gasteiger partial charge in [0.2, 0.25) is 5.91 Å². The molecule has 0 radical (unpaired) electrons. The number of imidazole rings is 1. The fraction of sp³-hybridized carbons (Fsp3) is 0.565. The topological polar surface area (TPSA) is 70.1 Å². The van der Waals surface area contributed by atoms with Crippen molar-refractivity contribution in [2.45, 2.75) is 64.0 Å². The Morgan fingerprint density at radius 3 is 2.79 bits per heavy atom. The number of amides is 1. The minimum Gasteiger partial charge on any atom is -0.354 e. The van der Waals surface area contributed by atoms with E-state index in [1.54, 1.807) is 0 Å². The standard InChI is InChI=1S/C23H32N4O2/c1-17(22(28)24-14-11-18-7-3-2-4-8-18)26-15-12-19(13-16-26)27-21-10-6-5-9-20(21)25-23(27)29/h5-7,9-10,17,19H,2-4,8,11-16H2,1H3,(H,24,28)(H,25,29). The van der Waals surface area contributed by atoms with E-state index in [9.17, 15) is 9.59 Å². The van der Waals surface area contributed by atoms with Crippen LogP contribution in [0.4, 0.5) is 0 Å². The van der Waals surface area contributed by atoms with Crippen molar-refractivity contribution in [3.8, 4) is 0 Å². The average molecular weight is 397 g/mol. The van der Waals surface area contributed by atoms with Gasteiger partial charge in [-0.05, 0) is 64.0 Å². The fourth-order valence-corrected chi connectivity index (χ4v) is 4.76. The lowest BCUT2D eigenvalue weighted by atomic mass is 9.97. The van der Waals surface area contributed by atoms with E-state index >= 15 is 0 Å². The monoisotopic (exact) mass is 396 g/mol. The zero-order valence-corrected chi connectivity index (χ0v) is 17.3. The number of H-pyrrole nitrogens is 1. The van der Waals surface area contributed by atoms with Crippen molar-refractivity contribution < 1.29 is 4.79 Å². The number of fused-ring (bicyclic) bond motifs is 1. The summed E-state index contributed by atoms with van der Waals surface area (Å²) in [7, 11) is 0. The maximum absolute atomic E-state index is 12.6. The third kappa shape index (κ3) is 4.47. The molecule has 2 aliphatic rings. The molecule has 1 fully saturated rings. The Bertz CT molecular complexity index is 934. The second-order valence-corrected chi connectivity index (χ2v) is 8.41. The van der Waals surface area contributed by atoms with Gasteiger partial charge in [-0.15, -0.1) is 0 Å².